The Labute approximate surface area is 48.2 Å². The van der Waals surface area contributed by atoms with Crippen LogP contribution in [-0.2, 0) is 4.79 Å². The van der Waals surface area contributed by atoms with E-state index in [1.54, 1.807) is 0 Å². The van der Waals surface area contributed by atoms with Gasteiger partial charge in [-0.25, -0.2) is 0 Å². The molecule has 0 unspecified atom stereocenters. The summed E-state index contributed by atoms with van der Waals surface area (Å²) in [4.78, 5) is 10.5. The predicted octanol–water partition coefficient (Wildman–Crippen LogP) is -0.776. The van der Waals surface area contributed by atoms with Gasteiger partial charge in [0.05, 0.1) is 0 Å². The maximum Gasteiger partial charge on any atom is 0.221 e. The summed E-state index contributed by atoms with van der Waals surface area (Å²) in [5.41, 5.74) is 5.46. The Hall–Kier alpha value is -0.570. The zero-order chi connectivity index (χ0) is 5.98. The minimum Gasteiger partial charge on any atom is -0.356 e. The molecule has 3 heteroatoms. The molecule has 1 amide bonds. The fourth-order valence-corrected chi connectivity index (χ4v) is 0.809. The minimum atomic E-state index is 0.0868. The number of carbonyl (C=O) groups excluding carboxylic acids is 1. The number of rotatable bonds is 0. The minimum absolute atomic E-state index is 0.0868. The van der Waals surface area contributed by atoms with Crippen LogP contribution < -0.4 is 11.1 Å². The SMILES string of the molecule is N[C@H]1CCNC(=O)C1. The topological polar surface area (TPSA) is 55.1 Å². The number of carbonyl (C=O) groups is 1. The van der Waals surface area contributed by atoms with Crippen LogP contribution in [0.5, 0.6) is 0 Å². The third-order valence-electron chi connectivity index (χ3n) is 1.28. The van der Waals surface area contributed by atoms with Gasteiger partial charge in [-0.1, -0.05) is 0 Å². The number of hydrogen-bond donors (Lipinski definition) is 2. The molecule has 0 radical (unpaired) electrons. The van der Waals surface area contributed by atoms with E-state index in [1.165, 1.54) is 0 Å². The van der Waals surface area contributed by atoms with Gasteiger partial charge in [-0.15, -0.1) is 0 Å². The molecule has 0 aliphatic carbocycles. The number of nitrogens with one attached hydrogen (secondary N) is 1. The van der Waals surface area contributed by atoms with Crippen LogP contribution in [0.1, 0.15) is 12.8 Å². The predicted molar refractivity (Wildman–Crippen MR) is 30.2 cm³/mol. The molecular weight excluding hydrogens is 104 g/mol. The summed E-state index contributed by atoms with van der Waals surface area (Å²) in [7, 11) is 0. The summed E-state index contributed by atoms with van der Waals surface area (Å²) >= 11 is 0. The molecule has 1 atom stereocenters. The summed E-state index contributed by atoms with van der Waals surface area (Å²) in [5, 5.41) is 2.69. The van der Waals surface area contributed by atoms with Crippen LogP contribution in [0.4, 0.5) is 0 Å². The van der Waals surface area contributed by atoms with Crippen LogP contribution in [0.25, 0.3) is 0 Å². The van der Waals surface area contributed by atoms with Gasteiger partial charge in [0.2, 0.25) is 5.91 Å². The van der Waals surface area contributed by atoms with Gasteiger partial charge in [0.15, 0.2) is 0 Å². The van der Waals surface area contributed by atoms with E-state index in [2.05, 4.69) is 5.32 Å². The molecule has 3 N–H and O–H groups in total. The van der Waals surface area contributed by atoms with E-state index in [0.717, 1.165) is 13.0 Å². The van der Waals surface area contributed by atoms with E-state index >= 15 is 0 Å². The quantitative estimate of drug-likeness (QED) is 0.434. The van der Waals surface area contributed by atoms with Crippen LogP contribution in [-0.4, -0.2) is 18.5 Å². The zero-order valence-electron chi connectivity index (χ0n) is 4.68. The molecule has 1 heterocycles. The van der Waals surface area contributed by atoms with Crippen molar-refractivity contribution in [2.24, 2.45) is 5.73 Å². The van der Waals surface area contributed by atoms with Gasteiger partial charge in [-0.2, -0.15) is 0 Å². The van der Waals surface area contributed by atoms with Crippen molar-refractivity contribution in [3.8, 4) is 0 Å². The highest BCUT2D eigenvalue weighted by Crippen LogP contribution is 1.98. The fourth-order valence-electron chi connectivity index (χ4n) is 0.809. The zero-order valence-corrected chi connectivity index (χ0v) is 4.68. The highest BCUT2D eigenvalue weighted by molar-refractivity contribution is 5.77. The molecule has 1 aliphatic heterocycles. The van der Waals surface area contributed by atoms with Gasteiger partial charge < -0.3 is 11.1 Å². The highest BCUT2D eigenvalue weighted by atomic mass is 16.1. The van der Waals surface area contributed by atoms with Crippen molar-refractivity contribution < 1.29 is 4.79 Å². The molecule has 0 saturated carbocycles. The molecule has 0 bridgehead atoms. The second-order valence-electron chi connectivity index (χ2n) is 2.10. The molecule has 46 valence electrons. The molecule has 0 spiro atoms. The summed E-state index contributed by atoms with van der Waals surface area (Å²) < 4.78 is 0. The number of nitrogens with two attached hydrogens (primary N) is 1. The monoisotopic (exact) mass is 114 g/mol. The highest BCUT2D eigenvalue weighted by Gasteiger charge is 2.13. The van der Waals surface area contributed by atoms with Crippen molar-refractivity contribution in [3.05, 3.63) is 0 Å². The first-order chi connectivity index (χ1) is 3.79. The maximum atomic E-state index is 10.5. The first-order valence-electron chi connectivity index (χ1n) is 2.81. The Balaban J connectivity index is 2.34. The lowest BCUT2D eigenvalue weighted by atomic mass is 10.1. The average Bonchev–Trinajstić information content (AvgIpc) is 1.64. The lowest BCUT2D eigenvalue weighted by Crippen LogP contribution is -2.40. The van der Waals surface area contributed by atoms with Crippen molar-refractivity contribution in [3.63, 3.8) is 0 Å². The Bertz CT molecular complexity index is 103. The first-order valence-corrected chi connectivity index (χ1v) is 2.81. The molecule has 0 aromatic rings. The van der Waals surface area contributed by atoms with Crippen molar-refractivity contribution in [1.29, 1.82) is 0 Å². The Kier molecular flexibility index (Phi) is 1.48. The summed E-state index contributed by atoms with van der Waals surface area (Å²) in [6.07, 6.45) is 1.42. The Morgan fingerprint density at radius 1 is 1.75 bits per heavy atom. The van der Waals surface area contributed by atoms with Gasteiger partial charge in [-0.05, 0) is 6.42 Å². The summed E-state index contributed by atoms with van der Waals surface area (Å²) in [6, 6.07) is 0.101. The molecular formula is C5H10N2O. The summed E-state index contributed by atoms with van der Waals surface area (Å²) in [5.74, 6) is 0.0868. The van der Waals surface area contributed by atoms with Gasteiger partial charge in [0.25, 0.3) is 0 Å². The van der Waals surface area contributed by atoms with Crippen molar-refractivity contribution in [2.45, 2.75) is 18.9 Å². The Morgan fingerprint density at radius 2 is 2.50 bits per heavy atom. The normalized spacial score (nSPS) is 29.6. The van der Waals surface area contributed by atoms with Crippen molar-refractivity contribution in [2.75, 3.05) is 6.54 Å². The lowest BCUT2D eigenvalue weighted by molar-refractivity contribution is -0.122. The number of amides is 1. The van der Waals surface area contributed by atoms with Gasteiger partial charge in [0, 0.05) is 19.0 Å². The van der Waals surface area contributed by atoms with Gasteiger partial charge in [-0.3, -0.25) is 4.79 Å². The van der Waals surface area contributed by atoms with E-state index in [4.69, 9.17) is 5.73 Å². The molecule has 8 heavy (non-hydrogen) atoms. The number of piperidine rings is 1. The van der Waals surface area contributed by atoms with E-state index in [9.17, 15) is 4.79 Å². The van der Waals surface area contributed by atoms with Crippen LogP contribution >= 0.6 is 0 Å². The molecule has 0 aromatic carbocycles. The molecule has 3 nitrogen and oxygen atoms in total. The van der Waals surface area contributed by atoms with Crippen LogP contribution in [0, 0.1) is 0 Å². The van der Waals surface area contributed by atoms with Gasteiger partial charge >= 0.3 is 0 Å². The van der Waals surface area contributed by atoms with Crippen LogP contribution in [0.15, 0.2) is 0 Å². The maximum absolute atomic E-state index is 10.5. The second-order valence-corrected chi connectivity index (χ2v) is 2.10. The summed E-state index contributed by atoms with van der Waals surface area (Å²) in [6.45, 7) is 0.750. The molecule has 1 rings (SSSR count). The van der Waals surface area contributed by atoms with E-state index < -0.39 is 0 Å². The lowest BCUT2D eigenvalue weighted by Gasteiger charge is -2.16. The first kappa shape index (κ1) is 5.56. The van der Waals surface area contributed by atoms with Crippen LogP contribution in [0.3, 0.4) is 0 Å². The second kappa shape index (κ2) is 2.13. The molecule has 1 saturated heterocycles. The molecule has 1 fully saturated rings. The molecule has 0 aromatic heterocycles. The van der Waals surface area contributed by atoms with Crippen molar-refractivity contribution >= 4 is 5.91 Å². The van der Waals surface area contributed by atoms with E-state index in [-0.39, 0.29) is 11.9 Å². The van der Waals surface area contributed by atoms with Crippen LogP contribution in [0.2, 0.25) is 0 Å². The van der Waals surface area contributed by atoms with E-state index in [0.29, 0.717) is 6.42 Å². The third kappa shape index (κ3) is 1.20. The number of hydrogen-bond acceptors (Lipinski definition) is 2. The van der Waals surface area contributed by atoms with Crippen molar-refractivity contribution in [1.82, 2.24) is 5.32 Å². The standard InChI is InChI=1S/C5H10N2O/c6-4-1-2-7-5(8)3-4/h4H,1-3,6H2,(H,7,8)/t4-/m0/s1. The van der Waals surface area contributed by atoms with E-state index in [1.807, 2.05) is 0 Å². The van der Waals surface area contributed by atoms with Gasteiger partial charge in [0.1, 0.15) is 0 Å². The molecule has 1 aliphatic rings. The largest absolute Gasteiger partial charge is 0.356 e. The fraction of sp³-hybridized carbons (Fsp3) is 0.800. The Morgan fingerprint density at radius 3 is 2.88 bits per heavy atom. The smallest absolute Gasteiger partial charge is 0.221 e. The third-order valence-corrected chi connectivity index (χ3v) is 1.28. The average molecular weight is 114 g/mol.